The molecule has 24 heavy (non-hydrogen) atoms. The molecule has 1 fully saturated rings. The monoisotopic (exact) mass is 332 g/mol. The minimum absolute atomic E-state index is 0.398. The fourth-order valence-electron chi connectivity index (χ4n) is 3.73. The number of aryl methyl sites for hydroxylation is 1. The van der Waals surface area contributed by atoms with E-state index in [0.717, 1.165) is 18.9 Å². The Morgan fingerprint density at radius 3 is 2.33 bits per heavy atom. The van der Waals surface area contributed by atoms with Crippen molar-refractivity contribution < 1.29 is 19.8 Å². The van der Waals surface area contributed by atoms with E-state index in [2.05, 4.69) is 50.0 Å². The van der Waals surface area contributed by atoms with Crippen molar-refractivity contribution in [1.29, 1.82) is 0 Å². The van der Waals surface area contributed by atoms with Gasteiger partial charge in [-0.2, -0.15) is 0 Å². The van der Waals surface area contributed by atoms with Crippen LogP contribution in [0.15, 0.2) is 24.3 Å². The van der Waals surface area contributed by atoms with Crippen molar-refractivity contribution >= 4 is 22.8 Å². The summed E-state index contributed by atoms with van der Waals surface area (Å²) in [4.78, 5) is 21.7. The van der Waals surface area contributed by atoms with E-state index < -0.39 is 11.9 Å². The predicted molar refractivity (Wildman–Crippen MR) is 92.0 cm³/mol. The first kappa shape index (κ1) is 18.0. The first-order valence-corrected chi connectivity index (χ1v) is 7.95. The lowest BCUT2D eigenvalue weighted by molar-refractivity contribution is -0.159. The molecule has 2 atom stereocenters. The quantitative estimate of drug-likeness (QED) is 0.645. The van der Waals surface area contributed by atoms with Gasteiger partial charge in [-0.1, -0.05) is 32.0 Å². The van der Waals surface area contributed by atoms with Crippen LogP contribution in [-0.4, -0.2) is 33.7 Å². The molecule has 1 aliphatic rings. The van der Waals surface area contributed by atoms with E-state index in [0.29, 0.717) is 11.3 Å². The first-order chi connectivity index (χ1) is 11.2. The van der Waals surface area contributed by atoms with E-state index in [1.807, 2.05) is 0 Å². The number of H-pyrrole nitrogens is 1. The first-order valence-electron chi connectivity index (χ1n) is 7.95. The third-order valence-corrected chi connectivity index (χ3v) is 4.97. The van der Waals surface area contributed by atoms with Gasteiger partial charge in [-0.3, -0.25) is 0 Å². The number of carboxylic acids is 2. The molecule has 0 spiro atoms. The molecule has 0 unspecified atom stereocenters. The van der Waals surface area contributed by atoms with Crippen LogP contribution in [0.4, 0.5) is 0 Å². The molecular formula is C18H24N2O4. The Kier molecular flexibility index (Phi) is 4.99. The van der Waals surface area contributed by atoms with E-state index in [1.165, 1.54) is 22.2 Å². The molecule has 6 nitrogen and oxygen atoms in total. The predicted octanol–water partition coefficient (Wildman–Crippen LogP) is 2.72. The average molecular weight is 332 g/mol. The third kappa shape index (κ3) is 3.28. The van der Waals surface area contributed by atoms with Gasteiger partial charge in [-0.05, 0) is 48.8 Å². The van der Waals surface area contributed by atoms with Gasteiger partial charge in [0.1, 0.15) is 0 Å². The average Bonchev–Trinajstić information content (AvgIpc) is 2.88. The van der Waals surface area contributed by atoms with Gasteiger partial charge in [0.2, 0.25) is 0 Å². The summed E-state index contributed by atoms with van der Waals surface area (Å²) in [5.41, 5.74) is 10.3. The van der Waals surface area contributed by atoms with Crippen molar-refractivity contribution in [2.75, 3.05) is 6.54 Å². The molecule has 1 aliphatic carbocycles. The standard InChI is InChI=1S/C16H22N2.C2H2O4/c1-10-14(11-6-4-5-7-13(11)18-10)15-12(8-9-17)16(15,2)3;3-1(4)2(5)6/h4-7,12,15,18H,8-9,17H2,1-3H3;(H,3,4)(H,5,6)/t12-,15-;/m0./s1. The van der Waals surface area contributed by atoms with Crippen molar-refractivity contribution in [1.82, 2.24) is 4.98 Å². The second kappa shape index (κ2) is 6.65. The largest absolute Gasteiger partial charge is 0.473 e. The number of aromatic amines is 1. The van der Waals surface area contributed by atoms with E-state index in [4.69, 9.17) is 25.5 Å². The number of aromatic nitrogens is 1. The normalized spacial score (nSPS) is 21.0. The number of aliphatic carboxylic acids is 2. The minimum Gasteiger partial charge on any atom is -0.473 e. The zero-order chi connectivity index (χ0) is 18.1. The maximum Gasteiger partial charge on any atom is 0.414 e. The lowest BCUT2D eigenvalue weighted by atomic mass is 10.0. The fraction of sp³-hybridized carbons (Fsp3) is 0.444. The summed E-state index contributed by atoms with van der Waals surface area (Å²) in [6.07, 6.45) is 1.14. The van der Waals surface area contributed by atoms with Crippen molar-refractivity contribution in [2.45, 2.75) is 33.1 Å². The van der Waals surface area contributed by atoms with Gasteiger partial charge in [0.25, 0.3) is 0 Å². The van der Waals surface area contributed by atoms with Crippen LogP contribution in [0.5, 0.6) is 0 Å². The summed E-state index contributed by atoms with van der Waals surface area (Å²) < 4.78 is 0. The summed E-state index contributed by atoms with van der Waals surface area (Å²) in [5, 5.41) is 16.2. The van der Waals surface area contributed by atoms with Gasteiger partial charge in [-0.15, -0.1) is 0 Å². The molecule has 0 aliphatic heterocycles. The molecule has 5 N–H and O–H groups in total. The van der Waals surface area contributed by atoms with E-state index in [9.17, 15) is 0 Å². The maximum atomic E-state index is 9.10. The van der Waals surface area contributed by atoms with Crippen molar-refractivity contribution in [2.24, 2.45) is 17.1 Å². The number of benzene rings is 1. The number of nitrogens with one attached hydrogen (secondary N) is 1. The molecule has 0 saturated heterocycles. The summed E-state index contributed by atoms with van der Waals surface area (Å²) in [5.74, 6) is -2.25. The Labute approximate surface area is 140 Å². The van der Waals surface area contributed by atoms with Crippen LogP contribution in [-0.2, 0) is 9.59 Å². The Bertz CT molecular complexity index is 751. The van der Waals surface area contributed by atoms with E-state index >= 15 is 0 Å². The van der Waals surface area contributed by atoms with Crippen molar-refractivity contribution in [3.8, 4) is 0 Å². The van der Waals surface area contributed by atoms with Gasteiger partial charge in [0.15, 0.2) is 0 Å². The van der Waals surface area contributed by atoms with Crippen LogP contribution in [0.1, 0.15) is 37.4 Å². The SMILES string of the molecule is Cc1[nH]c2ccccc2c1[C@@H]1[C@H](CCN)C1(C)C.O=C(O)C(=O)O. The van der Waals surface area contributed by atoms with Gasteiger partial charge in [-0.25, -0.2) is 9.59 Å². The Morgan fingerprint density at radius 1 is 1.21 bits per heavy atom. The zero-order valence-electron chi connectivity index (χ0n) is 14.2. The van der Waals surface area contributed by atoms with Crippen molar-refractivity contribution in [3.63, 3.8) is 0 Å². The molecule has 1 heterocycles. The van der Waals surface area contributed by atoms with Crippen LogP contribution in [0.3, 0.4) is 0 Å². The highest BCUT2D eigenvalue weighted by molar-refractivity contribution is 6.27. The zero-order valence-corrected chi connectivity index (χ0v) is 14.2. The highest BCUT2D eigenvalue weighted by Gasteiger charge is 2.58. The Hall–Kier alpha value is -2.34. The molecule has 1 aromatic carbocycles. The molecule has 0 radical (unpaired) electrons. The summed E-state index contributed by atoms with van der Waals surface area (Å²) in [7, 11) is 0. The molecule has 3 rings (SSSR count). The number of rotatable bonds is 3. The summed E-state index contributed by atoms with van der Waals surface area (Å²) in [6.45, 7) is 7.74. The molecule has 1 saturated carbocycles. The van der Waals surface area contributed by atoms with Gasteiger partial charge < -0.3 is 20.9 Å². The van der Waals surface area contributed by atoms with Crippen LogP contribution >= 0.6 is 0 Å². The number of hydrogen-bond donors (Lipinski definition) is 4. The van der Waals surface area contributed by atoms with Gasteiger partial charge in [0.05, 0.1) is 0 Å². The van der Waals surface area contributed by atoms with Crippen LogP contribution in [0, 0.1) is 18.3 Å². The molecule has 0 amide bonds. The van der Waals surface area contributed by atoms with Crippen LogP contribution in [0.25, 0.3) is 10.9 Å². The number of carbonyl (C=O) groups is 2. The summed E-state index contributed by atoms with van der Waals surface area (Å²) in [6, 6.07) is 8.63. The molecule has 130 valence electrons. The van der Waals surface area contributed by atoms with Crippen LogP contribution < -0.4 is 5.73 Å². The van der Waals surface area contributed by atoms with Gasteiger partial charge in [0, 0.05) is 16.6 Å². The second-order valence-corrected chi connectivity index (χ2v) is 6.80. The number of hydrogen-bond acceptors (Lipinski definition) is 3. The second-order valence-electron chi connectivity index (χ2n) is 6.80. The molecule has 0 bridgehead atoms. The number of fused-ring (bicyclic) bond motifs is 1. The van der Waals surface area contributed by atoms with E-state index in [-0.39, 0.29) is 0 Å². The maximum absolute atomic E-state index is 9.10. The number of para-hydroxylation sites is 1. The number of carboxylic acid groups (broad SMARTS) is 2. The summed E-state index contributed by atoms with van der Waals surface area (Å²) >= 11 is 0. The Morgan fingerprint density at radius 2 is 1.79 bits per heavy atom. The van der Waals surface area contributed by atoms with Crippen LogP contribution in [0.2, 0.25) is 0 Å². The Balaban J connectivity index is 0.000000301. The van der Waals surface area contributed by atoms with Gasteiger partial charge >= 0.3 is 11.9 Å². The number of nitrogens with two attached hydrogens (primary N) is 1. The highest BCUT2D eigenvalue weighted by Crippen LogP contribution is 2.67. The molecule has 1 aromatic heterocycles. The van der Waals surface area contributed by atoms with E-state index in [1.54, 1.807) is 0 Å². The molecular weight excluding hydrogens is 308 g/mol. The minimum atomic E-state index is -1.82. The topological polar surface area (TPSA) is 116 Å². The smallest absolute Gasteiger partial charge is 0.414 e. The lowest BCUT2D eigenvalue weighted by Gasteiger charge is -2.03. The highest BCUT2D eigenvalue weighted by atomic mass is 16.4. The fourth-order valence-corrected chi connectivity index (χ4v) is 3.73. The lowest BCUT2D eigenvalue weighted by Crippen LogP contribution is -2.09. The third-order valence-electron chi connectivity index (χ3n) is 4.97. The van der Waals surface area contributed by atoms with Crippen molar-refractivity contribution in [3.05, 3.63) is 35.5 Å². The molecule has 6 heteroatoms. The molecule has 2 aromatic rings.